The zero-order chi connectivity index (χ0) is 15.2. The van der Waals surface area contributed by atoms with Gasteiger partial charge in [-0.25, -0.2) is 0 Å². The lowest BCUT2D eigenvalue weighted by Gasteiger charge is -2.37. The van der Waals surface area contributed by atoms with Gasteiger partial charge in [-0.15, -0.1) is 0 Å². The second-order valence-corrected chi connectivity index (χ2v) is 6.99. The molecule has 0 bridgehead atoms. The average Bonchev–Trinajstić information content (AvgIpc) is 3.08. The summed E-state index contributed by atoms with van der Waals surface area (Å²) in [6.07, 6.45) is 5.22. The number of likely N-dealkylation sites (tertiary alicyclic amines) is 1. The first-order valence-electron chi connectivity index (χ1n) is 8.85. The van der Waals surface area contributed by atoms with Gasteiger partial charge in [0, 0.05) is 25.8 Å². The first kappa shape index (κ1) is 16.0. The Hall–Kier alpha value is -0.900. The predicted octanol–water partition coefficient (Wildman–Crippen LogP) is 3.01. The van der Waals surface area contributed by atoms with Crippen LogP contribution in [0.5, 0.6) is 0 Å². The Kier molecular flexibility index (Phi) is 5.88. The van der Waals surface area contributed by atoms with E-state index >= 15 is 0 Å². The molecule has 2 aliphatic heterocycles. The molecule has 0 amide bonds. The molecular formula is C19H30N2O. The fourth-order valence-corrected chi connectivity index (χ4v) is 3.76. The van der Waals surface area contributed by atoms with E-state index in [1.165, 1.54) is 50.9 Å². The number of nitrogens with zero attached hydrogens (tertiary/aromatic N) is 2. The first-order chi connectivity index (χ1) is 10.8. The summed E-state index contributed by atoms with van der Waals surface area (Å²) >= 11 is 0. The van der Waals surface area contributed by atoms with Crippen LogP contribution in [-0.2, 0) is 11.3 Å². The summed E-state index contributed by atoms with van der Waals surface area (Å²) in [4.78, 5) is 5.20. The van der Waals surface area contributed by atoms with Crippen LogP contribution in [0.25, 0.3) is 0 Å². The van der Waals surface area contributed by atoms with Crippen LogP contribution in [0.2, 0.25) is 0 Å². The van der Waals surface area contributed by atoms with Crippen molar-refractivity contribution in [3.05, 3.63) is 35.9 Å². The van der Waals surface area contributed by atoms with E-state index in [0.29, 0.717) is 0 Å². The van der Waals surface area contributed by atoms with E-state index in [2.05, 4.69) is 47.2 Å². The fraction of sp³-hybridized carbons (Fsp3) is 0.684. The van der Waals surface area contributed by atoms with E-state index in [9.17, 15) is 0 Å². The van der Waals surface area contributed by atoms with Gasteiger partial charge in [-0.3, -0.25) is 4.90 Å². The Labute approximate surface area is 135 Å². The molecule has 0 N–H and O–H groups in total. The highest BCUT2D eigenvalue weighted by molar-refractivity contribution is 5.14. The SMILES string of the molecule is CN(Cc1ccccc1)C1CCN(CCC2CCOC2)CC1. The number of rotatable bonds is 6. The zero-order valence-corrected chi connectivity index (χ0v) is 13.9. The first-order valence-corrected chi connectivity index (χ1v) is 8.85. The van der Waals surface area contributed by atoms with Crippen LogP contribution in [0, 0.1) is 5.92 Å². The maximum absolute atomic E-state index is 5.48. The Bertz CT molecular complexity index is 422. The van der Waals surface area contributed by atoms with Crippen molar-refractivity contribution in [2.45, 2.75) is 38.3 Å². The van der Waals surface area contributed by atoms with Crippen LogP contribution >= 0.6 is 0 Å². The van der Waals surface area contributed by atoms with Crippen LogP contribution < -0.4 is 0 Å². The normalized spacial score (nSPS) is 24.2. The minimum Gasteiger partial charge on any atom is -0.381 e. The third-order valence-corrected chi connectivity index (χ3v) is 5.33. The van der Waals surface area contributed by atoms with Crippen LogP contribution in [0.1, 0.15) is 31.2 Å². The molecule has 122 valence electrons. The molecule has 1 aromatic rings. The van der Waals surface area contributed by atoms with Gasteiger partial charge in [0.25, 0.3) is 0 Å². The Morgan fingerprint density at radius 3 is 2.59 bits per heavy atom. The van der Waals surface area contributed by atoms with Crippen molar-refractivity contribution in [1.29, 1.82) is 0 Å². The minimum absolute atomic E-state index is 0.742. The smallest absolute Gasteiger partial charge is 0.0495 e. The molecule has 1 unspecified atom stereocenters. The molecule has 22 heavy (non-hydrogen) atoms. The predicted molar refractivity (Wildman–Crippen MR) is 90.9 cm³/mol. The van der Waals surface area contributed by atoms with Gasteiger partial charge in [-0.05, 0) is 63.8 Å². The molecular weight excluding hydrogens is 272 g/mol. The maximum atomic E-state index is 5.48. The molecule has 2 aliphatic rings. The third kappa shape index (κ3) is 4.55. The number of ether oxygens (including phenoxy) is 1. The monoisotopic (exact) mass is 302 g/mol. The van der Waals surface area contributed by atoms with E-state index in [1.807, 2.05) is 0 Å². The maximum Gasteiger partial charge on any atom is 0.0495 e. The Balaban J connectivity index is 1.37. The van der Waals surface area contributed by atoms with E-state index in [1.54, 1.807) is 0 Å². The van der Waals surface area contributed by atoms with Gasteiger partial charge in [0.1, 0.15) is 0 Å². The third-order valence-electron chi connectivity index (χ3n) is 5.33. The van der Waals surface area contributed by atoms with Gasteiger partial charge in [0.15, 0.2) is 0 Å². The highest BCUT2D eigenvalue weighted by atomic mass is 16.5. The minimum atomic E-state index is 0.742. The molecule has 2 heterocycles. The standard InChI is InChI=1S/C19H30N2O/c1-20(15-17-5-3-2-4-6-17)19-8-12-21(13-9-19)11-7-18-10-14-22-16-18/h2-6,18-19H,7-16H2,1H3. The number of hydrogen-bond acceptors (Lipinski definition) is 3. The van der Waals surface area contributed by atoms with Gasteiger partial charge in [-0.1, -0.05) is 30.3 Å². The van der Waals surface area contributed by atoms with Crippen molar-refractivity contribution < 1.29 is 4.74 Å². The van der Waals surface area contributed by atoms with Crippen molar-refractivity contribution in [3.63, 3.8) is 0 Å². The van der Waals surface area contributed by atoms with Gasteiger partial charge in [-0.2, -0.15) is 0 Å². The molecule has 3 rings (SSSR count). The summed E-state index contributed by atoms with van der Waals surface area (Å²) in [5.74, 6) is 0.818. The van der Waals surface area contributed by atoms with Crippen molar-refractivity contribution in [3.8, 4) is 0 Å². The topological polar surface area (TPSA) is 15.7 Å². The largest absolute Gasteiger partial charge is 0.381 e. The Morgan fingerprint density at radius 2 is 1.91 bits per heavy atom. The lowest BCUT2D eigenvalue weighted by atomic mass is 10.0. The second kappa shape index (κ2) is 8.09. The molecule has 3 nitrogen and oxygen atoms in total. The fourth-order valence-electron chi connectivity index (χ4n) is 3.76. The molecule has 1 aromatic carbocycles. The number of piperidine rings is 1. The molecule has 0 saturated carbocycles. The summed E-state index contributed by atoms with van der Waals surface area (Å²) in [5.41, 5.74) is 1.42. The quantitative estimate of drug-likeness (QED) is 0.803. The number of benzene rings is 1. The molecule has 0 spiro atoms. The number of hydrogen-bond donors (Lipinski definition) is 0. The van der Waals surface area contributed by atoms with E-state index < -0.39 is 0 Å². The highest BCUT2D eigenvalue weighted by Crippen LogP contribution is 2.20. The summed E-state index contributed by atoms with van der Waals surface area (Å²) < 4.78 is 5.48. The molecule has 0 radical (unpaired) electrons. The van der Waals surface area contributed by atoms with E-state index in [4.69, 9.17) is 4.74 Å². The van der Waals surface area contributed by atoms with Crippen molar-refractivity contribution >= 4 is 0 Å². The molecule has 0 aromatic heterocycles. The van der Waals surface area contributed by atoms with Crippen molar-refractivity contribution in [1.82, 2.24) is 9.80 Å². The van der Waals surface area contributed by atoms with Crippen LogP contribution in [0.4, 0.5) is 0 Å². The molecule has 2 fully saturated rings. The van der Waals surface area contributed by atoms with Crippen LogP contribution in [0.3, 0.4) is 0 Å². The molecule has 3 heteroatoms. The lowest BCUT2D eigenvalue weighted by Crippen LogP contribution is -2.43. The van der Waals surface area contributed by atoms with Crippen molar-refractivity contribution in [2.75, 3.05) is 39.9 Å². The average molecular weight is 302 g/mol. The lowest BCUT2D eigenvalue weighted by molar-refractivity contribution is 0.117. The molecule has 0 aliphatic carbocycles. The van der Waals surface area contributed by atoms with Gasteiger partial charge < -0.3 is 9.64 Å². The van der Waals surface area contributed by atoms with Crippen LogP contribution in [0.15, 0.2) is 30.3 Å². The van der Waals surface area contributed by atoms with Gasteiger partial charge in [0.05, 0.1) is 0 Å². The summed E-state index contributed by atoms with van der Waals surface area (Å²) in [6.45, 7) is 6.84. The highest BCUT2D eigenvalue weighted by Gasteiger charge is 2.23. The van der Waals surface area contributed by atoms with Gasteiger partial charge >= 0.3 is 0 Å². The second-order valence-electron chi connectivity index (χ2n) is 6.99. The molecule has 2 saturated heterocycles. The molecule has 1 atom stereocenters. The summed E-state index contributed by atoms with van der Waals surface area (Å²) in [7, 11) is 2.28. The van der Waals surface area contributed by atoms with Crippen molar-refractivity contribution in [2.24, 2.45) is 5.92 Å². The van der Waals surface area contributed by atoms with E-state index in [0.717, 1.165) is 31.7 Å². The summed E-state index contributed by atoms with van der Waals surface area (Å²) in [6, 6.07) is 11.6. The summed E-state index contributed by atoms with van der Waals surface area (Å²) in [5, 5.41) is 0. The van der Waals surface area contributed by atoms with Gasteiger partial charge in [0.2, 0.25) is 0 Å². The zero-order valence-electron chi connectivity index (χ0n) is 13.9. The van der Waals surface area contributed by atoms with E-state index in [-0.39, 0.29) is 0 Å². The Morgan fingerprint density at radius 1 is 1.14 bits per heavy atom. The van der Waals surface area contributed by atoms with Crippen LogP contribution in [-0.4, -0.2) is 55.7 Å².